The summed E-state index contributed by atoms with van der Waals surface area (Å²) in [6.45, 7) is 10.2. The molecule has 1 unspecified atom stereocenters. The summed E-state index contributed by atoms with van der Waals surface area (Å²) in [4.78, 5) is 0. The molecule has 0 saturated heterocycles. The molecule has 0 radical (unpaired) electrons. The van der Waals surface area contributed by atoms with Gasteiger partial charge in [0.1, 0.15) is 0 Å². The van der Waals surface area contributed by atoms with E-state index in [1.165, 1.54) is 64.2 Å². The molecule has 0 saturated carbocycles. The van der Waals surface area contributed by atoms with Gasteiger partial charge in [0.2, 0.25) is 0 Å². The van der Waals surface area contributed by atoms with Crippen LogP contribution < -0.4 is 10.6 Å². The van der Waals surface area contributed by atoms with Gasteiger partial charge < -0.3 is 10.6 Å². The van der Waals surface area contributed by atoms with Gasteiger partial charge in [-0.25, -0.2) is 0 Å². The van der Waals surface area contributed by atoms with E-state index in [1.54, 1.807) is 0 Å². The van der Waals surface area contributed by atoms with Crippen LogP contribution in [-0.4, -0.2) is 25.2 Å². The summed E-state index contributed by atoms with van der Waals surface area (Å²) in [6, 6.07) is 0.520. The van der Waals surface area contributed by atoms with E-state index in [2.05, 4.69) is 38.3 Å². The van der Waals surface area contributed by atoms with Crippen molar-refractivity contribution in [2.75, 3.05) is 13.6 Å². The van der Waals surface area contributed by atoms with Crippen molar-refractivity contribution in [3.05, 3.63) is 0 Å². The van der Waals surface area contributed by atoms with Crippen molar-refractivity contribution >= 4 is 0 Å². The zero-order valence-electron chi connectivity index (χ0n) is 14.9. The molecule has 0 aliphatic carbocycles. The lowest BCUT2D eigenvalue weighted by molar-refractivity contribution is 0.308. The van der Waals surface area contributed by atoms with Gasteiger partial charge in [-0.05, 0) is 40.8 Å². The Kier molecular flexibility index (Phi) is 12.6. The lowest BCUT2D eigenvalue weighted by atomic mass is 9.96. The summed E-state index contributed by atoms with van der Waals surface area (Å²) in [5.74, 6) is 0. The van der Waals surface area contributed by atoms with E-state index < -0.39 is 0 Å². The van der Waals surface area contributed by atoms with E-state index in [0.29, 0.717) is 6.04 Å². The predicted octanol–water partition coefficient (Wildman–Crippen LogP) is 4.88. The third kappa shape index (κ3) is 10.7. The Balaban J connectivity index is 3.25. The van der Waals surface area contributed by atoms with Crippen molar-refractivity contribution in [2.24, 2.45) is 0 Å². The third-order valence-electron chi connectivity index (χ3n) is 4.71. The molecular formula is C18H40N2. The monoisotopic (exact) mass is 284 g/mol. The van der Waals surface area contributed by atoms with E-state index in [1.807, 2.05) is 7.05 Å². The molecule has 0 aromatic carbocycles. The molecule has 122 valence electrons. The molecule has 0 aliphatic heterocycles. The largest absolute Gasteiger partial charge is 0.313 e. The lowest BCUT2D eigenvalue weighted by Crippen LogP contribution is -2.53. The maximum Gasteiger partial charge on any atom is 0.0272 e. The van der Waals surface area contributed by atoms with Gasteiger partial charge in [-0.2, -0.15) is 0 Å². The van der Waals surface area contributed by atoms with Gasteiger partial charge in [0.25, 0.3) is 0 Å². The molecule has 0 fully saturated rings. The Bertz CT molecular complexity index is 202. The first kappa shape index (κ1) is 19.9. The third-order valence-corrected chi connectivity index (χ3v) is 4.71. The highest BCUT2D eigenvalue weighted by Gasteiger charge is 2.22. The average Bonchev–Trinajstić information content (AvgIpc) is 2.44. The summed E-state index contributed by atoms with van der Waals surface area (Å²) in [7, 11) is 2.04. The molecule has 2 heteroatoms. The summed E-state index contributed by atoms with van der Waals surface area (Å²) in [6.07, 6.45) is 14.1. The van der Waals surface area contributed by atoms with E-state index in [-0.39, 0.29) is 5.54 Å². The van der Waals surface area contributed by atoms with Crippen molar-refractivity contribution in [1.29, 1.82) is 0 Å². The maximum absolute atomic E-state index is 3.64. The highest BCUT2D eigenvalue weighted by molar-refractivity contribution is 4.86. The standard InChI is InChI=1S/C18H40N2/c1-6-7-8-9-10-11-12-13-14-15-16-20-17(2)18(3,4)19-5/h17,19-20H,6-16H2,1-5H3. The van der Waals surface area contributed by atoms with Crippen LogP contribution in [-0.2, 0) is 0 Å². The molecular weight excluding hydrogens is 244 g/mol. The van der Waals surface area contributed by atoms with Crippen LogP contribution in [0.2, 0.25) is 0 Å². The molecule has 0 spiro atoms. The van der Waals surface area contributed by atoms with E-state index in [9.17, 15) is 0 Å². The molecule has 0 aliphatic rings. The first-order chi connectivity index (χ1) is 9.54. The van der Waals surface area contributed by atoms with Crippen LogP contribution in [0.3, 0.4) is 0 Å². The van der Waals surface area contributed by atoms with Gasteiger partial charge in [0.05, 0.1) is 0 Å². The van der Waals surface area contributed by atoms with Crippen molar-refractivity contribution < 1.29 is 0 Å². The molecule has 20 heavy (non-hydrogen) atoms. The summed E-state index contributed by atoms with van der Waals surface area (Å²) in [5, 5.41) is 7.00. The Hall–Kier alpha value is -0.0800. The molecule has 2 nitrogen and oxygen atoms in total. The van der Waals surface area contributed by atoms with Gasteiger partial charge >= 0.3 is 0 Å². The van der Waals surface area contributed by atoms with Gasteiger partial charge in [-0.3, -0.25) is 0 Å². The van der Waals surface area contributed by atoms with Crippen LogP contribution in [0, 0.1) is 0 Å². The molecule has 0 bridgehead atoms. The number of unbranched alkanes of at least 4 members (excludes halogenated alkanes) is 9. The maximum atomic E-state index is 3.64. The zero-order chi connectivity index (χ0) is 15.3. The smallest absolute Gasteiger partial charge is 0.0272 e. The average molecular weight is 285 g/mol. The zero-order valence-corrected chi connectivity index (χ0v) is 14.9. The van der Waals surface area contributed by atoms with Crippen molar-refractivity contribution in [3.63, 3.8) is 0 Å². The van der Waals surface area contributed by atoms with Crippen LogP contribution in [0.4, 0.5) is 0 Å². The summed E-state index contributed by atoms with van der Waals surface area (Å²) < 4.78 is 0. The quantitative estimate of drug-likeness (QED) is 0.444. The number of hydrogen-bond acceptors (Lipinski definition) is 2. The SMILES string of the molecule is CCCCCCCCCCCCNC(C)C(C)(C)NC. The van der Waals surface area contributed by atoms with E-state index >= 15 is 0 Å². The fourth-order valence-electron chi connectivity index (χ4n) is 2.40. The minimum Gasteiger partial charge on any atom is -0.313 e. The van der Waals surface area contributed by atoms with Crippen LogP contribution in [0.15, 0.2) is 0 Å². The highest BCUT2D eigenvalue weighted by atomic mass is 15.0. The van der Waals surface area contributed by atoms with Crippen LogP contribution in [0.1, 0.15) is 91.9 Å². The predicted molar refractivity (Wildman–Crippen MR) is 92.4 cm³/mol. The first-order valence-electron chi connectivity index (χ1n) is 8.97. The molecule has 1 atom stereocenters. The molecule has 0 heterocycles. The minimum absolute atomic E-state index is 0.179. The number of rotatable bonds is 14. The van der Waals surface area contributed by atoms with Crippen LogP contribution >= 0.6 is 0 Å². The summed E-state index contributed by atoms with van der Waals surface area (Å²) in [5.41, 5.74) is 0.179. The Morgan fingerprint density at radius 1 is 0.800 bits per heavy atom. The second-order valence-corrected chi connectivity index (χ2v) is 6.83. The molecule has 0 amide bonds. The van der Waals surface area contributed by atoms with Crippen molar-refractivity contribution in [1.82, 2.24) is 10.6 Å². The Morgan fingerprint density at radius 2 is 1.25 bits per heavy atom. The minimum atomic E-state index is 0.179. The molecule has 0 aromatic rings. The fourth-order valence-corrected chi connectivity index (χ4v) is 2.40. The van der Waals surface area contributed by atoms with Gasteiger partial charge in [0, 0.05) is 11.6 Å². The van der Waals surface area contributed by atoms with Crippen LogP contribution in [0.25, 0.3) is 0 Å². The second kappa shape index (κ2) is 12.6. The Labute approximate surface area is 128 Å². The van der Waals surface area contributed by atoms with Crippen molar-refractivity contribution in [2.45, 2.75) is 103 Å². The molecule has 0 aromatic heterocycles. The normalized spacial score (nSPS) is 13.7. The Morgan fingerprint density at radius 3 is 1.70 bits per heavy atom. The van der Waals surface area contributed by atoms with Gasteiger partial charge in [-0.1, -0.05) is 64.7 Å². The van der Waals surface area contributed by atoms with E-state index in [4.69, 9.17) is 0 Å². The molecule has 0 rings (SSSR count). The highest BCUT2D eigenvalue weighted by Crippen LogP contribution is 2.11. The molecule has 2 N–H and O–H groups in total. The number of nitrogens with one attached hydrogen (secondary N) is 2. The fraction of sp³-hybridized carbons (Fsp3) is 1.00. The van der Waals surface area contributed by atoms with Gasteiger partial charge in [-0.15, -0.1) is 0 Å². The van der Waals surface area contributed by atoms with E-state index in [0.717, 1.165) is 6.54 Å². The first-order valence-corrected chi connectivity index (χ1v) is 8.97. The topological polar surface area (TPSA) is 24.1 Å². The van der Waals surface area contributed by atoms with Crippen molar-refractivity contribution in [3.8, 4) is 0 Å². The number of hydrogen-bond donors (Lipinski definition) is 2. The lowest BCUT2D eigenvalue weighted by Gasteiger charge is -2.32. The van der Waals surface area contributed by atoms with Gasteiger partial charge in [0.15, 0.2) is 0 Å². The number of likely N-dealkylation sites (N-methyl/N-ethyl adjacent to an activating group) is 1. The van der Waals surface area contributed by atoms with Crippen LogP contribution in [0.5, 0.6) is 0 Å². The second-order valence-electron chi connectivity index (χ2n) is 6.83. The summed E-state index contributed by atoms with van der Waals surface area (Å²) >= 11 is 0.